The number of nitrogens with two attached hydrogens (primary N) is 2. The monoisotopic (exact) mass is 1100 g/mol. The Balaban J connectivity index is 0.00000146. The van der Waals surface area contributed by atoms with Gasteiger partial charge >= 0.3 is 5.97 Å². The number of nitrogens with one attached hydrogen (secondary N) is 6. The SMILES string of the molecule is CCC(=O)CNC(=O)[C@H](CCCN=C(N)N)CC(=O)[C@H](CSC)NC(=O)[C@H](CCCCNC(C)C)NC(=O)CC.CSC[C@H](NC(=O)[C@@H](CC(=O)[C@H](CSC)NC(=O)[C@@H](C)CC(=O)O)Cc1ccccc1)C(C)=O. The van der Waals surface area contributed by atoms with Crippen LogP contribution in [0.3, 0.4) is 0 Å². The van der Waals surface area contributed by atoms with Crippen molar-refractivity contribution in [1.29, 1.82) is 0 Å². The van der Waals surface area contributed by atoms with Gasteiger partial charge in [-0.15, -0.1) is 0 Å². The van der Waals surface area contributed by atoms with Crippen molar-refractivity contribution in [3.05, 3.63) is 35.9 Å². The highest BCUT2D eigenvalue weighted by atomic mass is 32.2. The summed E-state index contributed by atoms with van der Waals surface area (Å²) < 4.78 is 0. The number of nitrogens with zero attached hydrogens (tertiary/aromatic N) is 1. The third kappa shape index (κ3) is 31.7. The number of guanidine groups is 1. The zero-order valence-electron chi connectivity index (χ0n) is 44.9. The summed E-state index contributed by atoms with van der Waals surface area (Å²) in [6.07, 6.45) is 8.50. The van der Waals surface area contributed by atoms with Crippen molar-refractivity contribution in [1.82, 2.24) is 31.9 Å². The third-order valence-electron chi connectivity index (χ3n) is 11.4. The van der Waals surface area contributed by atoms with Crippen LogP contribution in [0.4, 0.5) is 0 Å². The number of rotatable bonds is 39. The molecule has 7 atom stereocenters. The molecule has 0 saturated heterocycles. The highest BCUT2D eigenvalue weighted by Crippen LogP contribution is 2.19. The lowest BCUT2D eigenvalue weighted by Crippen LogP contribution is -2.52. The summed E-state index contributed by atoms with van der Waals surface area (Å²) in [5, 5.41) is 25.9. The van der Waals surface area contributed by atoms with Crippen LogP contribution < -0.4 is 43.4 Å². The van der Waals surface area contributed by atoms with Crippen LogP contribution in [-0.2, 0) is 54.4 Å². The van der Waals surface area contributed by atoms with Crippen molar-refractivity contribution in [2.75, 3.05) is 55.7 Å². The molecular formula is C51H85N9O11S3. The maximum Gasteiger partial charge on any atom is 0.304 e. The number of hydrogen-bond donors (Lipinski definition) is 9. The van der Waals surface area contributed by atoms with E-state index >= 15 is 0 Å². The number of thioether (sulfide) groups is 3. The predicted octanol–water partition coefficient (Wildman–Crippen LogP) is 2.82. The number of carboxylic acids is 1. The lowest BCUT2D eigenvalue weighted by Gasteiger charge is -2.24. The molecule has 0 unspecified atom stereocenters. The van der Waals surface area contributed by atoms with Crippen LogP contribution in [0.2, 0.25) is 0 Å². The molecule has 0 heterocycles. The Bertz CT molecular complexity index is 1960. The molecule has 418 valence electrons. The maximum absolute atomic E-state index is 13.3. The molecule has 20 nitrogen and oxygen atoms in total. The minimum Gasteiger partial charge on any atom is -0.481 e. The smallest absolute Gasteiger partial charge is 0.304 e. The van der Waals surface area contributed by atoms with Crippen LogP contribution in [0.1, 0.15) is 111 Å². The van der Waals surface area contributed by atoms with E-state index in [1.54, 1.807) is 20.1 Å². The average Bonchev–Trinajstić information content (AvgIpc) is 3.34. The topological polar surface area (TPSA) is 328 Å². The number of unbranched alkanes of at least 4 members (excludes halogenated alkanes) is 1. The van der Waals surface area contributed by atoms with Crippen molar-refractivity contribution in [2.45, 2.75) is 142 Å². The van der Waals surface area contributed by atoms with Gasteiger partial charge < -0.3 is 48.5 Å². The van der Waals surface area contributed by atoms with Crippen LogP contribution >= 0.6 is 35.3 Å². The molecule has 0 aliphatic carbocycles. The van der Waals surface area contributed by atoms with Crippen LogP contribution in [0.5, 0.6) is 0 Å². The minimum atomic E-state index is -1.10. The van der Waals surface area contributed by atoms with E-state index in [4.69, 9.17) is 16.6 Å². The fraction of sp³-hybridized carbons (Fsp3) is 0.667. The van der Waals surface area contributed by atoms with Crippen molar-refractivity contribution in [2.24, 2.45) is 34.2 Å². The van der Waals surface area contributed by atoms with Gasteiger partial charge in [0.1, 0.15) is 6.04 Å². The van der Waals surface area contributed by atoms with E-state index in [2.05, 4.69) is 50.7 Å². The lowest BCUT2D eigenvalue weighted by atomic mass is 9.91. The Kier molecular flexibility index (Phi) is 37.6. The van der Waals surface area contributed by atoms with E-state index < -0.39 is 65.6 Å². The number of aliphatic imine (C=N–C) groups is 1. The standard InChI is InChI=1S/C27H51N7O5S.C24H34N2O6S2/c1-6-20(35)16-32-25(38)19(11-10-14-31-27(28)29)15-23(36)22(17-40-5)34-26(39)21(33-24(37)7-2)12-8-9-13-30-18(3)4;1-15(10-22(29)30)23(31)26-20(14-34-4)21(28)12-18(11-17-8-6-5-7-9-17)24(32)25-19(13-33-3)16(2)27/h18-19,21-22,30H,6-17H2,1-5H3,(H,32,38)(H,33,37)(H,34,39)(H4,28,29,31);5-9,15,18-20H,10-14H2,1-4H3,(H,25,32)(H,26,31)(H,29,30)/t19-,21+,22+;15-,18+,19-,20-/m10/s1. The summed E-state index contributed by atoms with van der Waals surface area (Å²) in [5.74, 6) is -5.21. The predicted molar refractivity (Wildman–Crippen MR) is 297 cm³/mol. The van der Waals surface area contributed by atoms with Gasteiger partial charge in [0.25, 0.3) is 0 Å². The molecule has 74 heavy (non-hydrogen) atoms. The van der Waals surface area contributed by atoms with Gasteiger partial charge in [-0.1, -0.05) is 65.0 Å². The Hall–Kier alpha value is -5.00. The number of carbonyl (C=O) groups is 10. The largest absolute Gasteiger partial charge is 0.481 e. The van der Waals surface area contributed by atoms with Gasteiger partial charge in [0.2, 0.25) is 29.5 Å². The third-order valence-corrected chi connectivity index (χ3v) is 13.4. The van der Waals surface area contributed by atoms with Crippen LogP contribution in [0, 0.1) is 17.8 Å². The van der Waals surface area contributed by atoms with Gasteiger partial charge in [0.05, 0.1) is 31.1 Å². The average molecular weight is 1100 g/mol. The summed E-state index contributed by atoms with van der Waals surface area (Å²) in [4.78, 5) is 129. The first-order valence-corrected chi connectivity index (χ1v) is 29.3. The normalized spacial score (nSPS) is 13.7. The van der Waals surface area contributed by atoms with Gasteiger partial charge in [-0.05, 0) is 76.3 Å². The fourth-order valence-electron chi connectivity index (χ4n) is 7.10. The van der Waals surface area contributed by atoms with E-state index in [1.165, 1.54) is 49.1 Å². The Morgan fingerprint density at radius 2 is 1.19 bits per heavy atom. The van der Waals surface area contributed by atoms with Gasteiger partial charge in [-0.3, -0.25) is 52.9 Å². The molecule has 0 bridgehead atoms. The molecule has 0 aromatic heterocycles. The zero-order chi connectivity index (χ0) is 56.2. The van der Waals surface area contributed by atoms with E-state index in [0.29, 0.717) is 61.9 Å². The molecular weight excluding hydrogens is 1010 g/mol. The quantitative estimate of drug-likeness (QED) is 0.0260. The number of benzene rings is 1. The molecule has 11 N–H and O–H groups in total. The van der Waals surface area contributed by atoms with Gasteiger partial charge in [0, 0.05) is 73.3 Å². The number of carbonyl (C=O) groups excluding carboxylic acids is 9. The molecule has 0 spiro atoms. The number of Topliss-reactive ketones (excluding diaryl/α,β-unsaturated/α-hetero) is 4. The molecule has 1 aromatic rings. The first-order chi connectivity index (χ1) is 35.0. The summed E-state index contributed by atoms with van der Waals surface area (Å²) in [5.41, 5.74) is 11.6. The fourth-order valence-corrected chi connectivity index (χ4v) is 8.96. The summed E-state index contributed by atoms with van der Waals surface area (Å²) in [7, 11) is 0. The molecule has 0 fully saturated rings. The van der Waals surface area contributed by atoms with Gasteiger partial charge in [0.15, 0.2) is 29.1 Å². The van der Waals surface area contributed by atoms with E-state index in [-0.39, 0.29) is 73.1 Å². The molecule has 0 saturated carbocycles. The van der Waals surface area contributed by atoms with E-state index in [9.17, 15) is 47.9 Å². The number of carboxylic acid groups (broad SMARTS) is 1. The molecule has 1 aromatic carbocycles. The summed E-state index contributed by atoms with van der Waals surface area (Å²) >= 11 is 4.20. The molecule has 0 aliphatic heterocycles. The highest BCUT2D eigenvalue weighted by Gasteiger charge is 2.32. The van der Waals surface area contributed by atoms with Crippen molar-refractivity contribution in [3.8, 4) is 0 Å². The summed E-state index contributed by atoms with van der Waals surface area (Å²) in [6, 6.07) is 6.55. The van der Waals surface area contributed by atoms with Crippen molar-refractivity contribution in [3.63, 3.8) is 0 Å². The molecule has 0 aliphatic rings. The molecule has 5 amide bonds. The minimum absolute atomic E-state index is 0.0609. The number of aliphatic carboxylic acids is 1. The van der Waals surface area contributed by atoms with Crippen LogP contribution in [0.25, 0.3) is 0 Å². The molecule has 23 heteroatoms. The number of ketones is 4. The Morgan fingerprint density at radius 1 is 0.635 bits per heavy atom. The number of hydrogen-bond acceptors (Lipinski definition) is 15. The second-order valence-electron chi connectivity index (χ2n) is 18.2. The molecule has 1 rings (SSSR count). The first-order valence-electron chi connectivity index (χ1n) is 25.1. The van der Waals surface area contributed by atoms with Crippen LogP contribution in [-0.4, -0.2) is 156 Å². The Labute approximate surface area is 451 Å². The van der Waals surface area contributed by atoms with E-state index in [1.807, 2.05) is 42.8 Å². The summed E-state index contributed by atoms with van der Waals surface area (Å²) in [6.45, 7) is 11.4. The van der Waals surface area contributed by atoms with Gasteiger partial charge in [-0.2, -0.15) is 35.3 Å². The van der Waals surface area contributed by atoms with Gasteiger partial charge in [-0.25, -0.2) is 0 Å². The zero-order valence-corrected chi connectivity index (χ0v) is 47.3. The molecule has 0 radical (unpaired) electrons. The second kappa shape index (κ2) is 40.3. The maximum atomic E-state index is 13.3. The van der Waals surface area contributed by atoms with Crippen molar-refractivity contribution < 1.29 is 53.1 Å². The Morgan fingerprint density at radius 3 is 1.70 bits per heavy atom. The number of amides is 5. The van der Waals surface area contributed by atoms with Crippen molar-refractivity contribution >= 4 is 99.9 Å². The lowest BCUT2D eigenvalue weighted by molar-refractivity contribution is -0.141. The van der Waals surface area contributed by atoms with E-state index in [0.717, 1.165) is 24.9 Å². The highest BCUT2D eigenvalue weighted by molar-refractivity contribution is 7.99. The first kappa shape index (κ1) is 69.0. The second-order valence-corrected chi connectivity index (χ2v) is 21.0. The van der Waals surface area contributed by atoms with Crippen LogP contribution in [0.15, 0.2) is 35.3 Å².